The summed E-state index contributed by atoms with van der Waals surface area (Å²) in [6.45, 7) is 0. The summed E-state index contributed by atoms with van der Waals surface area (Å²) in [7, 11) is 0. The van der Waals surface area contributed by atoms with Crippen molar-refractivity contribution in [2.45, 2.75) is 0 Å². The van der Waals surface area contributed by atoms with Gasteiger partial charge < -0.3 is 9.13 Å². The smallest absolute Gasteiger partial charge is 0.0625 e. The summed E-state index contributed by atoms with van der Waals surface area (Å²) >= 11 is 0. The molecule has 0 radical (unpaired) electrons. The van der Waals surface area contributed by atoms with Gasteiger partial charge in [0.1, 0.15) is 0 Å². The van der Waals surface area contributed by atoms with E-state index in [4.69, 9.17) is 0 Å². The lowest BCUT2D eigenvalue weighted by Crippen LogP contribution is -1.99. The number of pyridine rings is 2. The molecule has 11 rings (SSSR count). The fraction of sp³-hybridized carbons (Fsp3) is 0. The van der Waals surface area contributed by atoms with Crippen LogP contribution in [-0.2, 0) is 0 Å². The Labute approximate surface area is 310 Å². The average molecular weight is 689 g/mol. The van der Waals surface area contributed by atoms with Crippen molar-refractivity contribution in [3.63, 3.8) is 0 Å². The molecule has 0 atom stereocenters. The van der Waals surface area contributed by atoms with Crippen molar-refractivity contribution in [3.8, 4) is 33.6 Å². The largest absolute Gasteiger partial charge is 0.309 e. The fourth-order valence-corrected chi connectivity index (χ4v) is 8.56. The Bertz CT molecular complexity index is 3230. The molecule has 0 aliphatic heterocycles. The maximum atomic E-state index is 4.37. The standard InChI is InChI=1S/C50H32N4/c1-3-15-41-39(13-1)47-43-17-5-7-19-45(43)54(38-27-23-34(24-28-38)36-12-10-30-52-32-36)50(47)42-16-4-2-14-40(42)48-44-18-6-8-20-46(44)53(49(41)48)37-25-21-33(22-26-37)35-11-9-29-51-31-35/h1-32H. The summed E-state index contributed by atoms with van der Waals surface area (Å²) in [6.07, 6.45) is 7.48. The van der Waals surface area contributed by atoms with Gasteiger partial charge >= 0.3 is 0 Å². The van der Waals surface area contributed by atoms with Crippen molar-refractivity contribution in [2.75, 3.05) is 0 Å². The lowest BCUT2D eigenvalue weighted by molar-refractivity contribution is 1.04. The molecule has 0 saturated carbocycles. The van der Waals surface area contributed by atoms with Gasteiger partial charge in [-0.2, -0.15) is 0 Å². The minimum Gasteiger partial charge on any atom is -0.309 e. The molecule has 1 aliphatic carbocycles. The van der Waals surface area contributed by atoms with E-state index in [2.05, 4.69) is 177 Å². The first-order valence-electron chi connectivity index (χ1n) is 18.3. The van der Waals surface area contributed by atoms with Gasteiger partial charge in [-0.15, -0.1) is 0 Å². The number of hydrogen-bond donors (Lipinski definition) is 0. The van der Waals surface area contributed by atoms with Gasteiger partial charge in [0, 0.05) is 67.8 Å². The molecule has 0 saturated heterocycles. The van der Waals surface area contributed by atoms with Crippen molar-refractivity contribution < 1.29 is 0 Å². The van der Waals surface area contributed by atoms with E-state index in [1.807, 2.05) is 36.9 Å². The van der Waals surface area contributed by atoms with Gasteiger partial charge in [-0.1, -0.05) is 121 Å². The second kappa shape index (κ2) is 12.1. The molecule has 0 bridgehead atoms. The Kier molecular flexibility index (Phi) is 6.82. The quantitative estimate of drug-likeness (QED) is 0.184. The van der Waals surface area contributed by atoms with Crippen molar-refractivity contribution in [1.29, 1.82) is 0 Å². The zero-order valence-corrected chi connectivity index (χ0v) is 29.3. The molecule has 0 amide bonds. The minimum atomic E-state index is 1.10. The van der Waals surface area contributed by atoms with Crippen LogP contribution in [0.15, 0.2) is 195 Å². The maximum absolute atomic E-state index is 4.37. The molecule has 4 heterocycles. The molecule has 0 spiro atoms. The topological polar surface area (TPSA) is 35.6 Å². The second-order valence-electron chi connectivity index (χ2n) is 13.8. The highest BCUT2D eigenvalue weighted by molar-refractivity contribution is 5.85. The Hall–Kier alpha value is -7.30. The zero-order valence-electron chi connectivity index (χ0n) is 29.3. The predicted octanol–water partition coefficient (Wildman–Crippen LogP) is 11.2. The molecule has 10 aromatic rings. The fourth-order valence-electron chi connectivity index (χ4n) is 8.56. The zero-order chi connectivity index (χ0) is 35.6. The third-order valence-corrected chi connectivity index (χ3v) is 10.9. The molecule has 1 aliphatic rings. The van der Waals surface area contributed by atoms with E-state index < -0.39 is 0 Å². The highest BCUT2D eigenvalue weighted by Gasteiger charge is 2.17. The number of fused-ring (bicyclic) bond motifs is 8. The van der Waals surface area contributed by atoms with Crippen LogP contribution in [0.1, 0.15) is 0 Å². The number of para-hydroxylation sites is 2. The van der Waals surface area contributed by atoms with Gasteiger partial charge in [-0.3, -0.25) is 9.97 Å². The summed E-state index contributed by atoms with van der Waals surface area (Å²) in [4.78, 5) is 8.73. The molecule has 4 nitrogen and oxygen atoms in total. The highest BCUT2D eigenvalue weighted by Crippen LogP contribution is 2.32. The van der Waals surface area contributed by atoms with Crippen LogP contribution < -0.4 is 0 Å². The van der Waals surface area contributed by atoms with Crippen molar-refractivity contribution >= 4 is 21.8 Å². The van der Waals surface area contributed by atoms with Crippen molar-refractivity contribution in [2.24, 2.45) is 0 Å². The van der Waals surface area contributed by atoms with E-state index in [9.17, 15) is 0 Å². The van der Waals surface area contributed by atoms with Crippen LogP contribution in [0.25, 0.3) is 55.4 Å². The molecule has 0 N–H and O–H groups in total. The average Bonchev–Trinajstić information content (AvgIpc) is 3.77. The molecule has 54 heavy (non-hydrogen) atoms. The van der Waals surface area contributed by atoms with E-state index in [1.165, 1.54) is 63.8 Å². The number of aromatic nitrogens is 4. The Morgan fingerprint density at radius 1 is 0.315 bits per heavy atom. The van der Waals surface area contributed by atoms with E-state index in [-0.39, 0.29) is 0 Å². The molecular weight excluding hydrogens is 657 g/mol. The lowest BCUT2D eigenvalue weighted by Gasteiger charge is -2.10. The van der Waals surface area contributed by atoms with Gasteiger partial charge in [0.15, 0.2) is 0 Å². The molecule has 0 fully saturated rings. The monoisotopic (exact) mass is 688 g/mol. The summed E-state index contributed by atoms with van der Waals surface area (Å²) in [5.41, 5.74) is 9.07. The van der Waals surface area contributed by atoms with Crippen LogP contribution in [0, 0.1) is 42.0 Å². The summed E-state index contributed by atoms with van der Waals surface area (Å²) in [5.74, 6) is 0. The van der Waals surface area contributed by atoms with Crippen LogP contribution in [0.4, 0.5) is 0 Å². The number of nitrogens with zero attached hydrogens (tertiary/aromatic N) is 4. The first kappa shape index (κ1) is 30.3. The molecule has 252 valence electrons. The van der Waals surface area contributed by atoms with E-state index in [0.717, 1.165) is 33.6 Å². The third-order valence-electron chi connectivity index (χ3n) is 10.9. The van der Waals surface area contributed by atoms with E-state index in [0.29, 0.717) is 0 Å². The van der Waals surface area contributed by atoms with Crippen molar-refractivity contribution in [1.82, 2.24) is 19.1 Å². The Balaban J connectivity index is 1.37. The van der Waals surface area contributed by atoms with Crippen LogP contribution >= 0.6 is 0 Å². The normalized spacial score (nSPS) is 11.7. The molecular formula is C50H32N4. The third kappa shape index (κ3) is 4.57. The van der Waals surface area contributed by atoms with Gasteiger partial charge in [0.25, 0.3) is 0 Å². The molecule has 6 aromatic carbocycles. The first-order chi connectivity index (χ1) is 26.8. The van der Waals surface area contributed by atoms with E-state index in [1.54, 1.807) is 0 Å². The SMILES string of the molecule is c1cncc(-c2ccc(-n3c4c(c5ccccc53)=c3ccccc3=c3c(c5ccccc5n3-c3ccc(-c5cccnc5)cc3)=c3ccccc3=4)cc2)c1. The molecule has 4 heteroatoms. The van der Waals surface area contributed by atoms with Gasteiger partial charge in [-0.25, -0.2) is 0 Å². The Morgan fingerprint density at radius 3 is 1.11 bits per heavy atom. The van der Waals surface area contributed by atoms with E-state index >= 15 is 0 Å². The Morgan fingerprint density at radius 2 is 0.704 bits per heavy atom. The van der Waals surface area contributed by atoms with Crippen LogP contribution in [-0.4, -0.2) is 19.1 Å². The minimum absolute atomic E-state index is 1.10. The summed E-state index contributed by atoms with van der Waals surface area (Å²) in [5, 5.41) is 12.1. The summed E-state index contributed by atoms with van der Waals surface area (Å²) in [6, 6.07) is 61.7. The second-order valence-corrected chi connectivity index (χ2v) is 13.8. The lowest BCUT2D eigenvalue weighted by atomic mass is 10.0. The van der Waals surface area contributed by atoms with Crippen molar-refractivity contribution in [3.05, 3.63) is 237 Å². The van der Waals surface area contributed by atoms with Crippen LogP contribution in [0.3, 0.4) is 0 Å². The number of benzene rings is 6. The number of rotatable bonds is 4. The van der Waals surface area contributed by atoms with Gasteiger partial charge in [-0.05, 0) is 81.2 Å². The maximum Gasteiger partial charge on any atom is 0.0625 e. The van der Waals surface area contributed by atoms with Gasteiger partial charge in [0.05, 0.1) is 21.7 Å². The first-order valence-corrected chi connectivity index (χ1v) is 18.3. The summed E-state index contributed by atoms with van der Waals surface area (Å²) < 4.78 is 4.93. The predicted molar refractivity (Wildman–Crippen MR) is 217 cm³/mol. The van der Waals surface area contributed by atoms with Crippen LogP contribution in [0.2, 0.25) is 0 Å². The molecule has 0 unspecified atom stereocenters. The van der Waals surface area contributed by atoms with Gasteiger partial charge in [0.2, 0.25) is 0 Å². The molecule has 4 aromatic heterocycles. The number of hydrogen-bond acceptors (Lipinski definition) is 2. The van der Waals surface area contributed by atoms with Crippen LogP contribution in [0.5, 0.6) is 0 Å². The highest BCUT2D eigenvalue weighted by atomic mass is 15.0.